The Morgan fingerprint density at radius 2 is 1.95 bits per heavy atom. The summed E-state index contributed by atoms with van der Waals surface area (Å²) >= 11 is 6.28. The third kappa shape index (κ3) is 6.44. The molecule has 0 saturated heterocycles. The smallest absolute Gasteiger partial charge is 0.122 e. The second-order valence-electron chi connectivity index (χ2n) is 4.84. The summed E-state index contributed by atoms with van der Waals surface area (Å²) in [5, 5.41) is 8.06. The van der Waals surface area contributed by atoms with Crippen LogP contribution in [0.15, 0.2) is 18.2 Å². The number of nitrogens with one attached hydrogen (secondary N) is 1. The van der Waals surface area contributed by atoms with Gasteiger partial charge < -0.3 is 15.2 Å². The number of nitrogens with two attached hydrogens (primary N) is 1. The highest BCUT2D eigenvalue weighted by Crippen LogP contribution is 2.19. The van der Waals surface area contributed by atoms with Crippen LogP contribution in [0, 0.1) is 5.41 Å². The predicted octanol–water partition coefficient (Wildman–Crippen LogP) is 2.11. The average molecular weight is 314 g/mol. The lowest BCUT2D eigenvalue weighted by atomic mass is 10.1. The van der Waals surface area contributed by atoms with E-state index in [1.165, 1.54) is 0 Å². The number of rotatable bonds is 10. The first-order chi connectivity index (χ1) is 10.1. The molecule has 0 fully saturated rings. The topological polar surface area (TPSA) is 71.6 Å². The summed E-state index contributed by atoms with van der Waals surface area (Å²) in [7, 11) is 3.40. The van der Waals surface area contributed by atoms with Crippen LogP contribution in [0.1, 0.15) is 17.5 Å². The van der Waals surface area contributed by atoms with E-state index in [4.69, 9.17) is 32.2 Å². The molecule has 0 aromatic heterocycles. The fraction of sp³-hybridized carbons (Fsp3) is 0.533. The van der Waals surface area contributed by atoms with Gasteiger partial charge >= 0.3 is 0 Å². The van der Waals surface area contributed by atoms with Gasteiger partial charge in [0.05, 0.1) is 6.61 Å². The molecule has 6 heteroatoms. The molecule has 21 heavy (non-hydrogen) atoms. The molecule has 3 N–H and O–H groups in total. The van der Waals surface area contributed by atoms with Crippen molar-refractivity contribution in [2.75, 3.05) is 40.5 Å². The zero-order valence-corrected chi connectivity index (χ0v) is 13.4. The Bertz CT molecular complexity index is 455. The summed E-state index contributed by atoms with van der Waals surface area (Å²) in [4.78, 5) is 2.27. The maximum absolute atomic E-state index is 7.43. The average Bonchev–Trinajstić information content (AvgIpc) is 2.46. The SMILES string of the molecule is COCCCN(CCOC)Cc1ccc(C(=N)N)cc1Cl. The van der Waals surface area contributed by atoms with Gasteiger partial charge in [-0.2, -0.15) is 0 Å². The zero-order chi connectivity index (χ0) is 15.7. The Morgan fingerprint density at radius 3 is 2.52 bits per heavy atom. The minimum Gasteiger partial charge on any atom is -0.385 e. The molecule has 0 spiro atoms. The number of hydrogen-bond donors (Lipinski definition) is 2. The number of halogens is 1. The standard InChI is InChI=1S/C15H24ClN3O2/c1-20-8-3-6-19(7-9-21-2)11-13-5-4-12(15(17)18)10-14(13)16/h4-5,10H,3,6-9,11H2,1-2H3,(H3,17,18). The van der Waals surface area contributed by atoms with Crippen LogP contribution in [0.2, 0.25) is 5.02 Å². The second-order valence-corrected chi connectivity index (χ2v) is 5.24. The van der Waals surface area contributed by atoms with E-state index in [0.29, 0.717) is 17.2 Å². The fourth-order valence-corrected chi connectivity index (χ4v) is 2.25. The van der Waals surface area contributed by atoms with Crippen LogP contribution in [0.5, 0.6) is 0 Å². The van der Waals surface area contributed by atoms with Gasteiger partial charge in [-0.25, -0.2) is 0 Å². The lowest BCUT2D eigenvalue weighted by molar-refractivity contribution is 0.129. The van der Waals surface area contributed by atoms with Crippen LogP contribution in [0.25, 0.3) is 0 Å². The van der Waals surface area contributed by atoms with Crippen molar-refractivity contribution >= 4 is 17.4 Å². The number of ether oxygens (including phenoxy) is 2. The Labute approximate surface area is 131 Å². The lowest BCUT2D eigenvalue weighted by Gasteiger charge is -2.22. The van der Waals surface area contributed by atoms with Gasteiger partial charge in [0.15, 0.2) is 0 Å². The van der Waals surface area contributed by atoms with E-state index in [1.54, 1.807) is 20.3 Å². The monoisotopic (exact) mass is 313 g/mol. The minimum absolute atomic E-state index is 0.0276. The highest BCUT2D eigenvalue weighted by molar-refractivity contribution is 6.31. The maximum Gasteiger partial charge on any atom is 0.122 e. The molecule has 0 heterocycles. The quantitative estimate of drug-likeness (QED) is 0.394. The van der Waals surface area contributed by atoms with Crippen molar-refractivity contribution in [2.24, 2.45) is 5.73 Å². The van der Waals surface area contributed by atoms with Crippen molar-refractivity contribution < 1.29 is 9.47 Å². The molecule has 0 radical (unpaired) electrons. The third-order valence-electron chi connectivity index (χ3n) is 3.19. The molecule has 0 amide bonds. The second kappa shape index (κ2) is 9.73. The first-order valence-corrected chi connectivity index (χ1v) is 7.29. The number of amidine groups is 1. The maximum atomic E-state index is 7.43. The van der Waals surface area contributed by atoms with Crippen LogP contribution < -0.4 is 5.73 Å². The van der Waals surface area contributed by atoms with Crippen LogP contribution in [-0.4, -0.2) is 51.3 Å². The van der Waals surface area contributed by atoms with E-state index in [-0.39, 0.29) is 5.84 Å². The van der Waals surface area contributed by atoms with Crippen LogP contribution in [0.3, 0.4) is 0 Å². The molecule has 0 aliphatic heterocycles. The number of nitrogen functional groups attached to an aromatic ring is 1. The summed E-state index contributed by atoms with van der Waals surface area (Å²) in [6.45, 7) is 3.91. The molecule has 0 atom stereocenters. The van der Waals surface area contributed by atoms with Crippen LogP contribution >= 0.6 is 11.6 Å². The van der Waals surface area contributed by atoms with Crippen molar-refractivity contribution in [1.82, 2.24) is 4.90 Å². The normalized spacial score (nSPS) is 11.0. The molecule has 5 nitrogen and oxygen atoms in total. The number of benzene rings is 1. The van der Waals surface area contributed by atoms with Crippen molar-refractivity contribution in [1.29, 1.82) is 5.41 Å². The Hall–Kier alpha value is -1.14. The largest absolute Gasteiger partial charge is 0.385 e. The molecular weight excluding hydrogens is 290 g/mol. The summed E-state index contributed by atoms with van der Waals surface area (Å²) in [5.41, 5.74) is 7.13. The molecule has 1 aromatic rings. The van der Waals surface area contributed by atoms with Crippen molar-refractivity contribution in [3.05, 3.63) is 34.3 Å². The highest BCUT2D eigenvalue weighted by Gasteiger charge is 2.10. The van der Waals surface area contributed by atoms with Crippen molar-refractivity contribution in [2.45, 2.75) is 13.0 Å². The molecule has 0 bridgehead atoms. The molecule has 0 saturated carbocycles. The number of nitrogens with zero attached hydrogens (tertiary/aromatic N) is 1. The first kappa shape index (κ1) is 17.9. The van der Waals surface area contributed by atoms with Gasteiger partial charge in [-0.15, -0.1) is 0 Å². The predicted molar refractivity (Wildman–Crippen MR) is 86.1 cm³/mol. The van der Waals surface area contributed by atoms with Gasteiger partial charge in [0.1, 0.15) is 5.84 Å². The molecule has 0 aliphatic carbocycles. The van der Waals surface area contributed by atoms with E-state index in [2.05, 4.69) is 4.90 Å². The summed E-state index contributed by atoms with van der Waals surface area (Å²) in [5.74, 6) is 0.0276. The summed E-state index contributed by atoms with van der Waals surface area (Å²) in [6.07, 6.45) is 0.962. The molecule has 0 unspecified atom stereocenters. The van der Waals surface area contributed by atoms with E-state index in [1.807, 2.05) is 12.1 Å². The van der Waals surface area contributed by atoms with Crippen molar-refractivity contribution in [3.63, 3.8) is 0 Å². The van der Waals surface area contributed by atoms with E-state index in [9.17, 15) is 0 Å². The lowest BCUT2D eigenvalue weighted by Crippen LogP contribution is -2.29. The van der Waals surface area contributed by atoms with Gasteiger partial charge in [-0.3, -0.25) is 10.3 Å². The Balaban J connectivity index is 2.69. The number of hydrogen-bond acceptors (Lipinski definition) is 4. The third-order valence-corrected chi connectivity index (χ3v) is 3.54. The van der Waals surface area contributed by atoms with Gasteiger partial charge in [-0.1, -0.05) is 23.7 Å². The van der Waals surface area contributed by atoms with Gasteiger partial charge in [0.2, 0.25) is 0 Å². The first-order valence-electron chi connectivity index (χ1n) is 6.91. The van der Waals surface area contributed by atoms with Gasteiger partial charge in [0, 0.05) is 51.0 Å². The Morgan fingerprint density at radius 1 is 1.24 bits per heavy atom. The highest BCUT2D eigenvalue weighted by atomic mass is 35.5. The van der Waals surface area contributed by atoms with Crippen LogP contribution in [-0.2, 0) is 16.0 Å². The minimum atomic E-state index is 0.0276. The van der Waals surface area contributed by atoms with E-state index < -0.39 is 0 Å². The Kier molecular flexibility index (Phi) is 8.30. The van der Waals surface area contributed by atoms with E-state index >= 15 is 0 Å². The van der Waals surface area contributed by atoms with Crippen LogP contribution in [0.4, 0.5) is 0 Å². The van der Waals surface area contributed by atoms with Crippen molar-refractivity contribution in [3.8, 4) is 0 Å². The molecule has 1 aromatic carbocycles. The molecular formula is C15H24ClN3O2. The van der Waals surface area contributed by atoms with E-state index in [0.717, 1.165) is 38.2 Å². The van der Waals surface area contributed by atoms with Gasteiger partial charge in [0.25, 0.3) is 0 Å². The number of methoxy groups -OCH3 is 2. The summed E-state index contributed by atoms with van der Waals surface area (Å²) < 4.78 is 10.2. The van der Waals surface area contributed by atoms with Gasteiger partial charge in [-0.05, 0) is 18.1 Å². The molecule has 118 valence electrons. The molecule has 0 aliphatic rings. The summed E-state index contributed by atoms with van der Waals surface area (Å²) in [6, 6.07) is 5.49. The zero-order valence-electron chi connectivity index (χ0n) is 12.7. The fourth-order valence-electron chi connectivity index (χ4n) is 2.01. The molecule has 1 rings (SSSR count).